The van der Waals surface area contributed by atoms with Gasteiger partial charge in [0.25, 0.3) is 0 Å². The van der Waals surface area contributed by atoms with E-state index in [1.54, 1.807) is 0 Å². The minimum Gasteiger partial charge on any atom is -0.306 e. The molecule has 1 heterocycles. The number of nitrogens with zero attached hydrogens (tertiary/aromatic N) is 2. The summed E-state index contributed by atoms with van der Waals surface area (Å²) in [6.07, 6.45) is 5.60. The Morgan fingerprint density at radius 2 is 1.86 bits per heavy atom. The maximum atomic E-state index is 4.49. The van der Waals surface area contributed by atoms with Crippen molar-refractivity contribution in [1.82, 2.24) is 15.1 Å². The van der Waals surface area contributed by atoms with Crippen molar-refractivity contribution in [2.24, 2.45) is 7.05 Å². The van der Waals surface area contributed by atoms with Gasteiger partial charge in [0.05, 0.1) is 11.7 Å². The summed E-state index contributed by atoms with van der Waals surface area (Å²) in [5.74, 6) is 0. The standard InChI is InChI=1S/C18H27N3/c1-5-7-15-8-10-16(11-9-15)18(19-12-6-2)17-13-21(4)20-14(17)3/h8-11,13,18-19H,5-7,12H2,1-4H3. The zero-order valence-electron chi connectivity index (χ0n) is 13.7. The van der Waals surface area contributed by atoms with Gasteiger partial charge in [-0.25, -0.2) is 0 Å². The molecule has 0 spiro atoms. The number of hydrogen-bond donors (Lipinski definition) is 1. The molecule has 0 radical (unpaired) electrons. The Balaban J connectivity index is 2.28. The summed E-state index contributed by atoms with van der Waals surface area (Å²) in [7, 11) is 1.98. The Labute approximate surface area is 128 Å². The van der Waals surface area contributed by atoms with Crippen LogP contribution in [0.1, 0.15) is 55.1 Å². The monoisotopic (exact) mass is 285 g/mol. The summed E-state index contributed by atoms with van der Waals surface area (Å²) in [5.41, 5.74) is 5.11. The first-order valence-corrected chi connectivity index (χ1v) is 7.98. The number of rotatable bonds is 7. The molecule has 0 aliphatic rings. The third-order valence-corrected chi connectivity index (χ3v) is 3.81. The fourth-order valence-corrected chi connectivity index (χ4v) is 2.76. The first kappa shape index (κ1) is 15.8. The third-order valence-electron chi connectivity index (χ3n) is 3.81. The molecule has 0 amide bonds. The molecule has 0 aliphatic heterocycles. The van der Waals surface area contributed by atoms with Gasteiger partial charge in [-0.2, -0.15) is 5.10 Å². The average molecular weight is 285 g/mol. The molecule has 0 bridgehead atoms. The Kier molecular flexibility index (Phi) is 5.57. The second kappa shape index (κ2) is 7.41. The highest BCUT2D eigenvalue weighted by Crippen LogP contribution is 2.25. The topological polar surface area (TPSA) is 29.9 Å². The number of hydrogen-bond acceptors (Lipinski definition) is 2. The molecule has 1 atom stereocenters. The summed E-state index contributed by atoms with van der Waals surface area (Å²) in [5, 5.41) is 8.14. The van der Waals surface area contributed by atoms with Crippen molar-refractivity contribution in [1.29, 1.82) is 0 Å². The Bertz CT molecular complexity index is 554. The van der Waals surface area contributed by atoms with Gasteiger partial charge in [-0.1, -0.05) is 44.5 Å². The van der Waals surface area contributed by atoms with E-state index in [1.807, 2.05) is 11.7 Å². The van der Waals surface area contributed by atoms with E-state index in [4.69, 9.17) is 0 Å². The molecule has 0 saturated heterocycles. The fourth-order valence-electron chi connectivity index (χ4n) is 2.76. The van der Waals surface area contributed by atoms with Gasteiger partial charge in [-0.3, -0.25) is 4.68 Å². The van der Waals surface area contributed by atoms with Crippen LogP contribution in [0.15, 0.2) is 30.5 Å². The summed E-state index contributed by atoms with van der Waals surface area (Å²) in [6.45, 7) is 7.51. The Morgan fingerprint density at radius 1 is 1.14 bits per heavy atom. The van der Waals surface area contributed by atoms with Crippen LogP contribution in [-0.2, 0) is 13.5 Å². The molecule has 21 heavy (non-hydrogen) atoms. The van der Waals surface area contributed by atoms with Crippen molar-refractivity contribution in [2.45, 2.75) is 46.1 Å². The molecular formula is C18H27N3. The summed E-state index contributed by atoms with van der Waals surface area (Å²) >= 11 is 0. The van der Waals surface area contributed by atoms with Crippen LogP contribution in [0.2, 0.25) is 0 Å². The van der Waals surface area contributed by atoms with Gasteiger partial charge in [-0.05, 0) is 37.4 Å². The number of nitrogens with one attached hydrogen (secondary N) is 1. The molecule has 1 unspecified atom stereocenters. The highest BCUT2D eigenvalue weighted by Gasteiger charge is 2.17. The van der Waals surface area contributed by atoms with Crippen molar-refractivity contribution in [3.63, 3.8) is 0 Å². The molecule has 0 aliphatic carbocycles. The fraction of sp³-hybridized carbons (Fsp3) is 0.500. The van der Waals surface area contributed by atoms with Crippen LogP contribution in [0.3, 0.4) is 0 Å². The van der Waals surface area contributed by atoms with Crippen LogP contribution >= 0.6 is 0 Å². The second-order valence-electron chi connectivity index (χ2n) is 5.72. The van der Waals surface area contributed by atoms with Crippen LogP contribution < -0.4 is 5.32 Å². The number of aryl methyl sites for hydroxylation is 3. The van der Waals surface area contributed by atoms with Crippen LogP contribution in [-0.4, -0.2) is 16.3 Å². The van der Waals surface area contributed by atoms with E-state index in [1.165, 1.54) is 23.1 Å². The summed E-state index contributed by atoms with van der Waals surface area (Å²) in [6, 6.07) is 9.25. The minimum absolute atomic E-state index is 0.231. The highest BCUT2D eigenvalue weighted by molar-refractivity contribution is 5.34. The van der Waals surface area contributed by atoms with Crippen molar-refractivity contribution < 1.29 is 0 Å². The second-order valence-corrected chi connectivity index (χ2v) is 5.72. The van der Waals surface area contributed by atoms with E-state index in [-0.39, 0.29) is 6.04 Å². The number of benzene rings is 1. The third kappa shape index (κ3) is 3.94. The first-order chi connectivity index (χ1) is 10.2. The quantitative estimate of drug-likeness (QED) is 0.839. The molecule has 3 nitrogen and oxygen atoms in total. The zero-order chi connectivity index (χ0) is 15.2. The van der Waals surface area contributed by atoms with E-state index < -0.39 is 0 Å². The molecule has 1 N–H and O–H groups in total. The predicted octanol–water partition coefficient (Wildman–Crippen LogP) is 3.77. The van der Waals surface area contributed by atoms with Gasteiger partial charge >= 0.3 is 0 Å². The summed E-state index contributed by atoms with van der Waals surface area (Å²) in [4.78, 5) is 0. The van der Waals surface area contributed by atoms with Gasteiger partial charge < -0.3 is 5.32 Å². The average Bonchev–Trinajstić information content (AvgIpc) is 2.80. The van der Waals surface area contributed by atoms with Crippen molar-refractivity contribution in [2.75, 3.05) is 6.54 Å². The molecule has 2 rings (SSSR count). The van der Waals surface area contributed by atoms with E-state index in [9.17, 15) is 0 Å². The van der Waals surface area contributed by atoms with Crippen molar-refractivity contribution in [3.05, 3.63) is 52.8 Å². The van der Waals surface area contributed by atoms with E-state index >= 15 is 0 Å². The van der Waals surface area contributed by atoms with Crippen LogP contribution in [0.4, 0.5) is 0 Å². The molecule has 114 valence electrons. The molecule has 3 heteroatoms. The lowest BCUT2D eigenvalue weighted by Gasteiger charge is -2.19. The SMILES string of the molecule is CCCNC(c1ccc(CCC)cc1)c1cn(C)nc1C. The maximum Gasteiger partial charge on any atom is 0.0644 e. The van der Waals surface area contributed by atoms with Crippen molar-refractivity contribution >= 4 is 0 Å². The molecule has 0 saturated carbocycles. The van der Waals surface area contributed by atoms with E-state index in [0.29, 0.717) is 0 Å². The van der Waals surface area contributed by atoms with Gasteiger partial charge in [0.15, 0.2) is 0 Å². The van der Waals surface area contributed by atoms with Gasteiger partial charge in [0, 0.05) is 18.8 Å². The zero-order valence-corrected chi connectivity index (χ0v) is 13.7. The highest BCUT2D eigenvalue weighted by atomic mass is 15.3. The van der Waals surface area contributed by atoms with E-state index in [0.717, 1.165) is 25.1 Å². The smallest absolute Gasteiger partial charge is 0.0644 e. The maximum absolute atomic E-state index is 4.49. The van der Waals surface area contributed by atoms with Gasteiger partial charge in [-0.15, -0.1) is 0 Å². The molecule has 1 aromatic carbocycles. The molecule has 0 fully saturated rings. The number of aromatic nitrogens is 2. The lowest BCUT2D eigenvalue weighted by atomic mass is 9.97. The van der Waals surface area contributed by atoms with Crippen LogP contribution in [0.5, 0.6) is 0 Å². The van der Waals surface area contributed by atoms with E-state index in [2.05, 4.69) is 61.6 Å². The predicted molar refractivity (Wildman–Crippen MR) is 88.5 cm³/mol. The largest absolute Gasteiger partial charge is 0.306 e. The Morgan fingerprint density at radius 3 is 2.38 bits per heavy atom. The lowest BCUT2D eigenvalue weighted by Crippen LogP contribution is -2.23. The normalized spacial score (nSPS) is 12.6. The lowest BCUT2D eigenvalue weighted by molar-refractivity contribution is 0.596. The van der Waals surface area contributed by atoms with Crippen LogP contribution in [0.25, 0.3) is 0 Å². The Hall–Kier alpha value is -1.61. The van der Waals surface area contributed by atoms with Crippen LogP contribution in [0, 0.1) is 6.92 Å². The minimum atomic E-state index is 0.231. The first-order valence-electron chi connectivity index (χ1n) is 7.98. The molecular weight excluding hydrogens is 258 g/mol. The van der Waals surface area contributed by atoms with Crippen molar-refractivity contribution in [3.8, 4) is 0 Å². The summed E-state index contributed by atoms with van der Waals surface area (Å²) < 4.78 is 1.90. The molecule has 1 aromatic heterocycles. The molecule has 2 aromatic rings. The van der Waals surface area contributed by atoms with Gasteiger partial charge in [0.2, 0.25) is 0 Å². The van der Waals surface area contributed by atoms with Gasteiger partial charge in [0.1, 0.15) is 0 Å².